The van der Waals surface area contributed by atoms with Crippen LogP contribution in [-0.4, -0.2) is 14.9 Å². The van der Waals surface area contributed by atoms with Crippen molar-refractivity contribution in [3.63, 3.8) is 0 Å². The minimum absolute atomic E-state index is 0.659. The molecule has 6 heteroatoms. The average molecular weight is 326 g/mol. The van der Waals surface area contributed by atoms with Crippen LogP contribution in [0.15, 0.2) is 34.9 Å². The molecule has 24 heavy (non-hydrogen) atoms. The summed E-state index contributed by atoms with van der Waals surface area (Å²) in [7, 11) is 1.89. The molecule has 6 nitrogen and oxygen atoms in total. The number of benzene rings is 1. The topological polar surface area (TPSA) is 65.1 Å². The molecule has 126 valence electrons. The molecule has 2 aromatic heterocycles. The van der Waals surface area contributed by atoms with Gasteiger partial charge in [-0.25, -0.2) is 4.68 Å². The van der Waals surface area contributed by atoms with Gasteiger partial charge in [0.2, 0.25) is 5.88 Å². The molecule has 0 fully saturated rings. The maximum Gasteiger partial charge on any atom is 0.222 e. The first-order valence-corrected chi connectivity index (χ1v) is 7.94. The van der Waals surface area contributed by atoms with E-state index in [-0.39, 0.29) is 0 Å². The van der Waals surface area contributed by atoms with Gasteiger partial charge < -0.3 is 14.6 Å². The molecule has 0 atom stereocenters. The van der Waals surface area contributed by atoms with Gasteiger partial charge in [-0.1, -0.05) is 23.4 Å². The monoisotopic (exact) mass is 326 g/mol. The maximum atomic E-state index is 6.03. The molecule has 1 N–H and O–H groups in total. The van der Waals surface area contributed by atoms with Gasteiger partial charge in [0.25, 0.3) is 0 Å². The average Bonchev–Trinajstić information content (AvgIpc) is 3.02. The lowest BCUT2D eigenvalue weighted by Crippen LogP contribution is -2.14. The number of nitrogens with one attached hydrogen (secondary N) is 1. The van der Waals surface area contributed by atoms with Crippen LogP contribution in [0.4, 0.5) is 0 Å². The van der Waals surface area contributed by atoms with E-state index in [4.69, 9.17) is 9.26 Å². The summed E-state index contributed by atoms with van der Waals surface area (Å²) >= 11 is 0. The minimum Gasteiger partial charge on any atom is -0.439 e. The van der Waals surface area contributed by atoms with Gasteiger partial charge in [0, 0.05) is 25.7 Å². The summed E-state index contributed by atoms with van der Waals surface area (Å²) in [5.74, 6) is 2.40. The Morgan fingerprint density at radius 2 is 1.75 bits per heavy atom. The van der Waals surface area contributed by atoms with Gasteiger partial charge in [-0.05, 0) is 32.9 Å². The molecule has 3 rings (SSSR count). The normalized spacial score (nSPS) is 11.0. The zero-order valence-corrected chi connectivity index (χ0v) is 14.5. The Bertz CT molecular complexity index is 802. The van der Waals surface area contributed by atoms with Crippen molar-refractivity contribution in [2.45, 2.75) is 33.9 Å². The number of rotatable bonds is 6. The molecule has 1 aromatic carbocycles. The van der Waals surface area contributed by atoms with E-state index in [2.05, 4.69) is 15.6 Å². The Kier molecular flexibility index (Phi) is 4.66. The van der Waals surface area contributed by atoms with E-state index >= 15 is 0 Å². The van der Waals surface area contributed by atoms with Crippen LogP contribution in [0.5, 0.6) is 11.6 Å². The third-order valence-corrected chi connectivity index (χ3v) is 4.03. The van der Waals surface area contributed by atoms with Crippen molar-refractivity contribution in [2.24, 2.45) is 7.05 Å². The number of aryl methyl sites for hydroxylation is 4. The highest BCUT2D eigenvalue weighted by Crippen LogP contribution is 2.27. The number of aromatic nitrogens is 3. The minimum atomic E-state index is 0.659. The highest BCUT2D eigenvalue weighted by Gasteiger charge is 2.16. The molecule has 2 heterocycles. The van der Waals surface area contributed by atoms with Gasteiger partial charge >= 0.3 is 0 Å². The summed E-state index contributed by atoms with van der Waals surface area (Å²) in [6, 6.07) is 9.74. The van der Waals surface area contributed by atoms with E-state index in [0.717, 1.165) is 39.9 Å². The summed E-state index contributed by atoms with van der Waals surface area (Å²) in [5.41, 5.74) is 4.02. The number of ether oxygens (including phenoxy) is 1. The molecule has 0 aliphatic heterocycles. The van der Waals surface area contributed by atoms with Crippen molar-refractivity contribution in [2.75, 3.05) is 0 Å². The van der Waals surface area contributed by atoms with Crippen LogP contribution in [0, 0.1) is 20.8 Å². The number of hydrogen-bond acceptors (Lipinski definition) is 5. The Labute approximate surface area is 141 Å². The Morgan fingerprint density at radius 3 is 2.42 bits per heavy atom. The second-order valence-electron chi connectivity index (χ2n) is 5.81. The smallest absolute Gasteiger partial charge is 0.222 e. The molecule has 0 radical (unpaired) electrons. The van der Waals surface area contributed by atoms with Gasteiger partial charge in [0.1, 0.15) is 11.5 Å². The van der Waals surface area contributed by atoms with E-state index in [1.807, 2.05) is 58.2 Å². The van der Waals surface area contributed by atoms with Crippen LogP contribution in [0.2, 0.25) is 0 Å². The van der Waals surface area contributed by atoms with Gasteiger partial charge in [0.05, 0.1) is 17.0 Å². The van der Waals surface area contributed by atoms with Crippen LogP contribution in [0.25, 0.3) is 0 Å². The van der Waals surface area contributed by atoms with Crippen LogP contribution in [0.1, 0.15) is 28.3 Å². The maximum absolute atomic E-state index is 6.03. The van der Waals surface area contributed by atoms with Crippen LogP contribution < -0.4 is 10.1 Å². The Morgan fingerprint density at radius 1 is 1.04 bits per heavy atom. The fraction of sp³-hybridized carbons (Fsp3) is 0.333. The van der Waals surface area contributed by atoms with E-state index in [0.29, 0.717) is 13.1 Å². The fourth-order valence-corrected chi connectivity index (χ4v) is 2.68. The van der Waals surface area contributed by atoms with Crippen molar-refractivity contribution in [1.29, 1.82) is 0 Å². The van der Waals surface area contributed by atoms with Crippen molar-refractivity contribution < 1.29 is 9.26 Å². The molecule has 0 bridgehead atoms. The van der Waals surface area contributed by atoms with E-state index in [1.54, 1.807) is 4.68 Å². The number of hydrogen-bond donors (Lipinski definition) is 1. The Balaban J connectivity index is 1.73. The lowest BCUT2D eigenvalue weighted by Gasteiger charge is -2.10. The van der Waals surface area contributed by atoms with Crippen molar-refractivity contribution in [3.8, 4) is 11.6 Å². The molecular formula is C18H22N4O2. The summed E-state index contributed by atoms with van der Waals surface area (Å²) in [6.45, 7) is 7.22. The van der Waals surface area contributed by atoms with Gasteiger partial charge in [0.15, 0.2) is 0 Å². The second-order valence-corrected chi connectivity index (χ2v) is 5.81. The van der Waals surface area contributed by atoms with E-state index in [9.17, 15) is 0 Å². The van der Waals surface area contributed by atoms with Gasteiger partial charge in [-0.2, -0.15) is 5.10 Å². The second kappa shape index (κ2) is 6.88. The molecule has 0 saturated heterocycles. The molecule has 3 aromatic rings. The third kappa shape index (κ3) is 3.33. The quantitative estimate of drug-likeness (QED) is 0.752. The molecule has 0 aliphatic carbocycles. The summed E-state index contributed by atoms with van der Waals surface area (Å²) < 4.78 is 13.0. The first-order valence-electron chi connectivity index (χ1n) is 7.94. The molecular weight excluding hydrogens is 304 g/mol. The first kappa shape index (κ1) is 16.3. The van der Waals surface area contributed by atoms with Crippen LogP contribution >= 0.6 is 0 Å². The highest BCUT2D eigenvalue weighted by atomic mass is 16.5. The zero-order valence-electron chi connectivity index (χ0n) is 14.5. The van der Waals surface area contributed by atoms with Crippen LogP contribution in [0.3, 0.4) is 0 Å². The van der Waals surface area contributed by atoms with E-state index in [1.165, 1.54) is 0 Å². The molecule has 0 unspecified atom stereocenters. The number of para-hydroxylation sites is 1. The standard InChI is InChI=1S/C18H22N4O2/c1-12-17(11-19-10-16-13(2)21-24-14(16)3)18(22(4)20-12)23-15-8-6-5-7-9-15/h5-9,19H,10-11H2,1-4H3. The Hall–Kier alpha value is -2.60. The van der Waals surface area contributed by atoms with Crippen molar-refractivity contribution in [1.82, 2.24) is 20.3 Å². The molecule has 0 saturated carbocycles. The van der Waals surface area contributed by atoms with Crippen LogP contribution in [-0.2, 0) is 20.1 Å². The summed E-state index contributed by atoms with van der Waals surface area (Å²) in [4.78, 5) is 0. The fourth-order valence-electron chi connectivity index (χ4n) is 2.68. The first-order chi connectivity index (χ1) is 11.6. The lowest BCUT2D eigenvalue weighted by molar-refractivity contribution is 0.391. The summed E-state index contributed by atoms with van der Waals surface area (Å²) in [5, 5.41) is 11.9. The SMILES string of the molecule is Cc1noc(C)c1CNCc1c(C)nn(C)c1Oc1ccccc1. The zero-order chi connectivity index (χ0) is 17.1. The van der Waals surface area contributed by atoms with Crippen molar-refractivity contribution >= 4 is 0 Å². The van der Waals surface area contributed by atoms with Gasteiger partial charge in [-0.3, -0.25) is 0 Å². The predicted octanol–water partition coefficient (Wildman–Crippen LogP) is 3.42. The third-order valence-electron chi connectivity index (χ3n) is 4.03. The van der Waals surface area contributed by atoms with Crippen molar-refractivity contribution in [3.05, 3.63) is 58.6 Å². The molecule has 0 amide bonds. The summed E-state index contributed by atoms with van der Waals surface area (Å²) in [6.07, 6.45) is 0. The number of nitrogens with zero attached hydrogens (tertiary/aromatic N) is 3. The lowest BCUT2D eigenvalue weighted by atomic mass is 10.2. The highest BCUT2D eigenvalue weighted by molar-refractivity contribution is 5.35. The predicted molar refractivity (Wildman–Crippen MR) is 91.0 cm³/mol. The van der Waals surface area contributed by atoms with E-state index < -0.39 is 0 Å². The van der Waals surface area contributed by atoms with Gasteiger partial charge in [-0.15, -0.1) is 0 Å². The molecule has 0 aliphatic rings. The molecule has 0 spiro atoms. The largest absolute Gasteiger partial charge is 0.439 e.